The number of H-pyrrole nitrogens is 1. The van der Waals surface area contributed by atoms with Crippen LogP contribution in [0.4, 0.5) is 0 Å². The van der Waals surface area contributed by atoms with Gasteiger partial charge in [0.1, 0.15) is 0 Å². The second-order valence-electron chi connectivity index (χ2n) is 4.97. The summed E-state index contributed by atoms with van der Waals surface area (Å²) in [5.41, 5.74) is 1.09. The van der Waals surface area contributed by atoms with Gasteiger partial charge in [-0.25, -0.2) is 4.98 Å². The number of benzene rings is 1. The molecular weight excluding hydrogens is 270 g/mol. The highest BCUT2D eigenvalue weighted by molar-refractivity contribution is 7.99. The molecule has 0 aliphatic heterocycles. The Balaban J connectivity index is 2.09. The molecule has 0 saturated heterocycles. The fourth-order valence-electron chi connectivity index (χ4n) is 1.75. The number of hydrogen-bond donors (Lipinski definition) is 2. The normalized spacial score (nSPS) is 10.9. The number of nitrogens with zero attached hydrogens (tertiary/aromatic N) is 1. The Morgan fingerprint density at radius 2 is 2.10 bits per heavy atom. The first-order valence-corrected chi connectivity index (χ1v) is 7.48. The van der Waals surface area contributed by atoms with E-state index in [2.05, 4.69) is 35.2 Å². The lowest BCUT2D eigenvalue weighted by Crippen LogP contribution is -2.19. The molecule has 0 unspecified atom stereocenters. The third-order valence-electron chi connectivity index (χ3n) is 2.70. The van der Waals surface area contributed by atoms with Crippen LogP contribution in [-0.2, 0) is 6.54 Å². The number of aromatic nitrogens is 2. The van der Waals surface area contributed by atoms with Crippen LogP contribution in [0.2, 0.25) is 0 Å². The predicted octanol–water partition coefficient (Wildman–Crippen LogP) is 2.67. The molecule has 0 amide bonds. The first-order chi connectivity index (χ1) is 9.65. The average molecular weight is 289 g/mol. The minimum atomic E-state index is -0.127. The summed E-state index contributed by atoms with van der Waals surface area (Å²) in [6.45, 7) is 6.18. The van der Waals surface area contributed by atoms with Gasteiger partial charge in [-0.15, -0.1) is 0 Å². The third kappa shape index (κ3) is 4.51. The summed E-state index contributed by atoms with van der Waals surface area (Å²) in [6, 6.07) is 9.58. The van der Waals surface area contributed by atoms with E-state index in [-0.39, 0.29) is 5.56 Å². The van der Waals surface area contributed by atoms with Crippen molar-refractivity contribution in [2.75, 3.05) is 6.54 Å². The molecule has 5 heteroatoms. The molecule has 0 aliphatic rings. The quantitative estimate of drug-likeness (QED) is 0.803. The van der Waals surface area contributed by atoms with E-state index in [0.717, 1.165) is 18.0 Å². The molecule has 2 N–H and O–H groups in total. The minimum Gasteiger partial charge on any atom is -0.312 e. The van der Waals surface area contributed by atoms with Crippen LogP contribution in [0.5, 0.6) is 0 Å². The lowest BCUT2D eigenvalue weighted by atomic mass is 10.2. The van der Waals surface area contributed by atoms with Crippen LogP contribution >= 0.6 is 11.8 Å². The van der Waals surface area contributed by atoms with E-state index in [1.807, 2.05) is 18.2 Å². The number of nitrogens with one attached hydrogen (secondary N) is 2. The van der Waals surface area contributed by atoms with Crippen LogP contribution in [0.1, 0.15) is 19.4 Å². The lowest BCUT2D eigenvalue weighted by Gasteiger charge is -2.11. The smallest absolute Gasteiger partial charge is 0.251 e. The van der Waals surface area contributed by atoms with Gasteiger partial charge in [-0.2, -0.15) is 0 Å². The maximum atomic E-state index is 11.3. The van der Waals surface area contributed by atoms with Gasteiger partial charge in [0, 0.05) is 23.7 Å². The van der Waals surface area contributed by atoms with E-state index in [0.29, 0.717) is 11.1 Å². The standard InChI is InChI=1S/C15H19N3OS/c1-11(2)9-16-10-12-5-3-4-6-13(12)20-15-17-8-7-14(19)18-15/h3-8,11,16H,9-10H2,1-2H3,(H,17,18,19). The van der Waals surface area contributed by atoms with Crippen LogP contribution in [0, 0.1) is 5.92 Å². The highest BCUT2D eigenvalue weighted by Gasteiger charge is 2.05. The summed E-state index contributed by atoms with van der Waals surface area (Å²) in [4.78, 5) is 19.3. The Bertz CT molecular complexity index is 610. The van der Waals surface area contributed by atoms with E-state index in [1.165, 1.54) is 29.6 Å². The van der Waals surface area contributed by atoms with Gasteiger partial charge >= 0.3 is 0 Å². The maximum Gasteiger partial charge on any atom is 0.251 e. The van der Waals surface area contributed by atoms with Crippen LogP contribution in [-0.4, -0.2) is 16.5 Å². The Morgan fingerprint density at radius 3 is 2.85 bits per heavy atom. The topological polar surface area (TPSA) is 57.8 Å². The Hall–Kier alpha value is -1.59. The SMILES string of the molecule is CC(C)CNCc1ccccc1Sc1nccc(=O)[nH]1. The molecule has 0 spiro atoms. The molecule has 1 aromatic carbocycles. The van der Waals surface area contributed by atoms with Gasteiger partial charge in [0.15, 0.2) is 5.16 Å². The van der Waals surface area contributed by atoms with Crippen molar-refractivity contribution in [1.29, 1.82) is 0 Å². The molecule has 1 heterocycles. The molecule has 0 atom stereocenters. The van der Waals surface area contributed by atoms with Crippen molar-refractivity contribution in [2.24, 2.45) is 5.92 Å². The molecule has 1 aromatic heterocycles. The van der Waals surface area contributed by atoms with Gasteiger partial charge in [-0.1, -0.05) is 43.8 Å². The first-order valence-electron chi connectivity index (χ1n) is 6.67. The van der Waals surface area contributed by atoms with Crippen LogP contribution in [0.3, 0.4) is 0 Å². The van der Waals surface area contributed by atoms with Crippen molar-refractivity contribution in [3.63, 3.8) is 0 Å². The van der Waals surface area contributed by atoms with E-state index in [9.17, 15) is 4.79 Å². The average Bonchev–Trinajstić information content (AvgIpc) is 2.40. The molecule has 0 bridgehead atoms. The summed E-state index contributed by atoms with van der Waals surface area (Å²) < 4.78 is 0. The molecule has 2 rings (SSSR count). The number of aromatic amines is 1. The van der Waals surface area contributed by atoms with Gasteiger partial charge < -0.3 is 10.3 Å². The van der Waals surface area contributed by atoms with Gasteiger partial charge in [-0.3, -0.25) is 4.79 Å². The predicted molar refractivity (Wildman–Crippen MR) is 82.0 cm³/mol. The fraction of sp³-hybridized carbons (Fsp3) is 0.333. The Morgan fingerprint density at radius 1 is 1.30 bits per heavy atom. The fourth-order valence-corrected chi connectivity index (χ4v) is 2.64. The summed E-state index contributed by atoms with van der Waals surface area (Å²) in [6.07, 6.45) is 1.53. The van der Waals surface area contributed by atoms with Gasteiger partial charge in [0.2, 0.25) is 0 Å². The van der Waals surface area contributed by atoms with Crippen LogP contribution < -0.4 is 10.9 Å². The lowest BCUT2D eigenvalue weighted by molar-refractivity contribution is 0.550. The molecule has 0 radical (unpaired) electrons. The number of hydrogen-bond acceptors (Lipinski definition) is 4. The summed E-state index contributed by atoms with van der Waals surface area (Å²) in [5.74, 6) is 0.627. The third-order valence-corrected chi connectivity index (χ3v) is 3.71. The van der Waals surface area contributed by atoms with Crippen molar-refractivity contribution < 1.29 is 0 Å². The zero-order valence-electron chi connectivity index (χ0n) is 11.7. The van der Waals surface area contributed by atoms with Crippen molar-refractivity contribution in [3.8, 4) is 0 Å². The molecule has 20 heavy (non-hydrogen) atoms. The molecule has 0 saturated carbocycles. The first kappa shape index (κ1) is 14.8. The van der Waals surface area contributed by atoms with E-state index < -0.39 is 0 Å². The second kappa shape index (κ2) is 7.26. The molecule has 0 aliphatic carbocycles. The zero-order valence-corrected chi connectivity index (χ0v) is 12.5. The minimum absolute atomic E-state index is 0.127. The van der Waals surface area contributed by atoms with Gasteiger partial charge in [-0.05, 0) is 24.1 Å². The van der Waals surface area contributed by atoms with Crippen LogP contribution in [0.25, 0.3) is 0 Å². The van der Waals surface area contributed by atoms with Crippen LogP contribution in [0.15, 0.2) is 51.4 Å². The maximum absolute atomic E-state index is 11.3. The monoisotopic (exact) mass is 289 g/mol. The highest BCUT2D eigenvalue weighted by atomic mass is 32.2. The molecule has 4 nitrogen and oxygen atoms in total. The summed E-state index contributed by atoms with van der Waals surface area (Å²) >= 11 is 1.48. The second-order valence-corrected chi connectivity index (χ2v) is 6.00. The Kier molecular flexibility index (Phi) is 5.38. The highest BCUT2D eigenvalue weighted by Crippen LogP contribution is 2.27. The van der Waals surface area contributed by atoms with Crippen molar-refractivity contribution in [2.45, 2.75) is 30.4 Å². The summed E-state index contributed by atoms with van der Waals surface area (Å²) in [5, 5.41) is 4.05. The van der Waals surface area contributed by atoms with E-state index in [4.69, 9.17) is 0 Å². The zero-order chi connectivity index (χ0) is 14.4. The van der Waals surface area contributed by atoms with Crippen molar-refractivity contribution >= 4 is 11.8 Å². The summed E-state index contributed by atoms with van der Waals surface area (Å²) in [7, 11) is 0. The molecule has 106 valence electrons. The number of rotatable bonds is 6. The molecule has 0 fully saturated rings. The van der Waals surface area contributed by atoms with Gasteiger partial charge in [0.25, 0.3) is 5.56 Å². The molecular formula is C15H19N3OS. The van der Waals surface area contributed by atoms with Gasteiger partial charge in [0.05, 0.1) is 0 Å². The largest absolute Gasteiger partial charge is 0.312 e. The van der Waals surface area contributed by atoms with Crippen molar-refractivity contribution in [3.05, 3.63) is 52.4 Å². The van der Waals surface area contributed by atoms with E-state index >= 15 is 0 Å². The van der Waals surface area contributed by atoms with Crippen molar-refractivity contribution in [1.82, 2.24) is 15.3 Å². The Labute approximate surface area is 123 Å². The molecule has 2 aromatic rings. The van der Waals surface area contributed by atoms with E-state index in [1.54, 1.807) is 0 Å².